The zero-order chi connectivity index (χ0) is 42.5. The van der Waals surface area contributed by atoms with E-state index >= 15 is 0 Å². The molecule has 2 aliphatic heterocycles. The van der Waals surface area contributed by atoms with Crippen molar-refractivity contribution in [3.8, 4) is 0 Å². The molecule has 2 aliphatic rings. The Balaban J connectivity index is 1.99. The van der Waals surface area contributed by atoms with Gasteiger partial charge >= 0.3 is 0 Å². The minimum absolute atomic E-state index is 0.148. The Hall–Kier alpha value is -2.57. The molecule has 9 N–H and O–H groups in total. The van der Waals surface area contributed by atoms with Gasteiger partial charge in [-0.3, -0.25) is 4.79 Å². The van der Waals surface area contributed by atoms with E-state index in [4.69, 9.17) is 18.9 Å². The van der Waals surface area contributed by atoms with Crippen molar-refractivity contribution in [2.75, 3.05) is 19.8 Å². The maximum atomic E-state index is 13.0. The maximum Gasteiger partial charge on any atom is 0.220 e. The molecule has 0 saturated carbocycles. The van der Waals surface area contributed by atoms with Crippen LogP contribution in [0.1, 0.15) is 104 Å². The van der Waals surface area contributed by atoms with E-state index in [9.17, 15) is 45.6 Å². The molecule has 0 aliphatic carbocycles. The van der Waals surface area contributed by atoms with Gasteiger partial charge in [0.15, 0.2) is 12.6 Å². The van der Waals surface area contributed by atoms with Crippen molar-refractivity contribution in [3.63, 3.8) is 0 Å². The fraction of sp³-hybridized carbons (Fsp3) is 0.705. The second-order valence-corrected chi connectivity index (χ2v) is 14.7. The predicted molar refractivity (Wildman–Crippen MR) is 221 cm³/mol. The van der Waals surface area contributed by atoms with Gasteiger partial charge in [-0.05, 0) is 57.8 Å². The monoisotopic (exact) mass is 824 g/mol. The van der Waals surface area contributed by atoms with E-state index in [1.807, 2.05) is 18.2 Å². The number of allylic oxidation sites excluding steroid dienone is 11. The average Bonchev–Trinajstić information content (AvgIpc) is 3.22. The summed E-state index contributed by atoms with van der Waals surface area (Å²) < 4.78 is 22.5. The number of hydrogen-bond acceptors (Lipinski definition) is 13. The minimum Gasteiger partial charge on any atom is -0.394 e. The van der Waals surface area contributed by atoms with E-state index in [2.05, 4.69) is 67.8 Å². The molecule has 1 amide bonds. The zero-order valence-corrected chi connectivity index (χ0v) is 34.5. The van der Waals surface area contributed by atoms with Crippen molar-refractivity contribution < 1.29 is 64.6 Å². The fourth-order valence-corrected chi connectivity index (χ4v) is 6.37. The molecule has 0 radical (unpaired) electrons. The summed E-state index contributed by atoms with van der Waals surface area (Å²) in [6.45, 7) is 2.51. The summed E-state index contributed by atoms with van der Waals surface area (Å²) in [6, 6.07) is -0.969. The molecule has 14 heteroatoms. The molecule has 0 spiro atoms. The van der Waals surface area contributed by atoms with E-state index in [0.29, 0.717) is 12.8 Å². The average molecular weight is 824 g/mol. The van der Waals surface area contributed by atoms with Crippen LogP contribution in [0.4, 0.5) is 0 Å². The van der Waals surface area contributed by atoms with Crippen LogP contribution in [-0.4, -0.2) is 140 Å². The first kappa shape index (κ1) is 51.6. The highest BCUT2D eigenvalue weighted by Gasteiger charge is 2.50. The van der Waals surface area contributed by atoms with Crippen molar-refractivity contribution in [2.24, 2.45) is 0 Å². The Morgan fingerprint density at radius 2 is 1.21 bits per heavy atom. The van der Waals surface area contributed by atoms with Crippen LogP contribution in [-0.2, 0) is 23.7 Å². The smallest absolute Gasteiger partial charge is 0.220 e. The van der Waals surface area contributed by atoms with E-state index in [-0.39, 0.29) is 18.9 Å². The van der Waals surface area contributed by atoms with Crippen LogP contribution in [0, 0.1) is 0 Å². The normalized spacial score (nSPS) is 29.6. The van der Waals surface area contributed by atoms with Crippen molar-refractivity contribution >= 4 is 5.91 Å². The molecule has 0 aromatic rings. The fourth-order valence-electron chi connectivity index (χ4n) is 6.37. The molecule has 2 fully saturated rings. The van der Waals surface area contributed by atoms with Gasteiger partial charge in [0, 0.05) is 6.42 Å². The number of amides is 1. The van der Waals surface area contributed by atoms with Gasteiger partial charge in [-0.15, -0.1) is 0 Å². The van der Waals surface area contributed by atoms with E-state index in [1.54, 1.807) is 6.08 Å². The Kier molecular flexibility index (Phi) is 27.9. The standard InChI is InChI=1S/C44H73NO13/c1-3-5-7-9-11-13-15-16-18-20-22-24-26-28-36(49)45-32(33(48)27-25-23-21-19-17-14-12-10-8-6-4-2)31-55-43-41(54)39(52)42(35(30-47)57-43)58-44-40(53)38(51)37(50)34(29-46)56-44/h5,7,11,13,16-19,22,24-25,27,32-35,37-44,46-48,50-54H,3-4,6,8-10,12,14-15,20-21,23,26,28-31H2,1-2H3,(H,45,49)/b7-5-,13-11-,18-16-,19-17+,24-22-,27-25+. The third kappa shape index (κ3) is 19.7. The number of carbonyl (C=O) groups is 1. The van der Waals surface area contributed by atoms with E-state index < -0.39 is 86.8 Å². The van der Waals surface area contributed by atoms with Crippen LogP contribution in [0.3, 0.4) is 0 Å². The number of aliphatic hydroxyl groups excluding tert-OH is 8. The second kappa shape index (κ2) is 31.3. The quantitative estimate of drug-likeness (QED) is 0.0390. The van der Waals surface area contributed by atoms with Gasteiger partial charge < -0.3 is 65.1 Å². The number of unbranched alkanes of at least 4 members (excludes halogenated alkanes) is 6. The Labute approximate surface area is 345 Å². The molecule has 332 valence electrons. The lowest BCUT2D eigenvalue weighted by Gasteiger charge is -2.46. The first-order valence-corrected chi connectivity index (χ1v) is 21.2. The summed E-state index contributed by atoms with van der Waals surface area (Å²) in [5, 5.41) is 86.1. The molecule has 2 heterocycles. The van der Waals surface area contributed by atoms with E-state index in [1.165, 1.54) is 25.7 Å². The first-order valence-electron chi connectivity index (χ1n) is 21.2. The number of hydrogen-bond donors (Lipinski definition) is 9. The van der Waals surface area contributed by atoms with Crippen LogP contribution in [0.2, 0.25) is 0 Å². The van der Waals surface area contributed by atoms with Gasteiger partial charge in [0.1, 0.15) is 48.8 Å². The molecular weight excluding hydrogens is 750 g/mol. The van der Waals surface area contributed by atoms with Crippen molar-refractivity contribution in [2.45, 2.75) is 177 Å². The van der Waals surface area contributed by atoms with E-state index in [0.717, 1.165) is 44.9 Å². The predicted octanol–water partition coefficient (Wildman–Crippen LogP) is 3.31. The number of carbonyl (C=O) groups excluding carboxylic acids is 1. The van der Waals surface area contributed by atoms with Crippen molar-refractivity contribution in [3.05, 3.63) is 72.9 Å². The van der Waals surface area contributed by atoms with Crippen LogP contribution in [0.5, 0.6) is 0 Å². The SMILES string of the molecule is CC/C=C\C/C=C\C/C=C\C/C=C\CCC(=O)NC(COC1OC(CO)C(OC2OC(CO)C(O)C(O)C2O)C(O)C1O)C(O)/C=C/CC/C=C/CCCCCCC. The number of aliphatic hydroxyl groups is 8. The van der Waals surface area contributed by atoms with Crippen LogP contribution >= 0.6 is 0 Å². The zero-order valence-electron chi connectivity index (χ0n) is 34.5. The number of rotatable bonds is 29. The lowest BCUT2D eigenvalue weighted by Crippen LogP contribution is -2.65. The molecule has 0 bridgehead atoms. The van der Waals surface area contributed by atoms with Crippen LogP contribution < -0.4 is 5.32 Å². The van der Waals surface area contributed by atoms with Gasteiger partial charge in [0.05, 0.1) is 32.0 Å². The first-order chi connectivity index (χ1) is 28.1. The summed E-state index contributed by atoms with van der Waals surface area (Å²) in [7, 11) is 0. The third-order valence-electron chi connectivity index (χ3n) is 9.89. The van der Waals surface area contributed by atoms with Crippen molar-refractivity contribution in [1.29, 1.82) is 0 Å². The molecule has 12 unspecified atom stereocenters. The maximum absolute atomic E-state index is 13.0. The lowest BCUT2D eigenvalue weighted by atomic mass is 9.97. The largest absolute Gasteiger partial charge is 0.394 e. The van der Waals surface area contributed by atoms with Gasteiger partial charge in [0.25, 0.3) is 0 Å². The summed E-state index contributed by atoms with van der Waals surface area (Å²) in [5.74, 6) is -0.336. The van der Waals surface area contributed by atoms with Gasteiger partial charge in [-0.25, -0.2) is 0 Å². The van der Waals surface area contributed by atoms with Gasteiger partial charge in [0.2, 0.25) is 5.91 Å². The lowest BCUT2D eigenvalue weighted by molar-refractivity contribution is -0.359. The topological polar surface area (TPSA) is 228 Å². The molecule has 58 heavy (non-hydrogen) atoms. The molecular formula is C44H73NO13. The second-order valence-electron chi connectivity index (χ2n) is 14.7. The summed E-state index contributed by atoms with van der Waals surface area (Å²) in [6.07, 6.45) is 19.8. The molecule has 14 nitrogen and oxygen atoms in total. The Bertz CT molecular complexity index is 1250. The Morgan fingerprint density at radius 1 is 0.638 bits per heavy atom. The highest BCUT2D eigenvalue weighted by molar-refractivity contribution is 5.76. The molecule has 12 atom stereocenters. The highest BCUT2D eigenvalue weighted by atomic mass is 16.7. The number of ether oxygens (including phenoxy) is 4. The molecule has 0 aromatic heterocycles. The molecule has 2 rings (SSSR count). The molecule has 2 saturated heterocycles. The molecule has 0 aromatic carbocycles. The van der Waals surface area contributed by atoms with Crippen molar-refractivity contribution in [1.82, 2.24) is 5.32 Å². The Morgan fingerprint density at radius 3 is 1.86 bits per heavy atom. The van der Waals surface area contributed by atoms with Crippen LogP contribution in [0.25, 0.3) is 0 Å². The number of nitrogens with one attached hydrogen (secondary N) is 1. The minimum atomic E-state index is -1.80. The van der Waals surface area contributed by atoms with Gasteiger partial charge in [-0.2, -0.15) is 0 Å². The highest BCUT2D eigenvalue weighted by Crippen LogP contribution is 2.29. The summed E-state index contributed by atoms with van der Waals surface area (Å²) in [4.78, 5) is 13.0. The third-order valence-corrected chi connectivity index (χ3v) is 9.89. The summed E-state index contributed by atoms with van der Waals surface area (Å²) in [5.41, 5.74) is 0. The van der Waals surface area contributed by atoms with Crippen LogP contribution in [0.15, 0.2) is 72.9 Å². The van der Waals surface area contributed by atoms with Gasteiger partial charge in [-0.1, -0.05) is 112 Å². The summed E-state index contributed by atoms with van der Waals surface area (Å²) >= 11 is 0.